The van der Waals surface area contributed by atoms with Gasteiger partial charge in [0.2, 0.25) is 0 Å². The molecule has 0 saturated heterocycles. The van der Waals surface area contributed by atoms with Gasteiger partial charge in [0.05, 0.1) is 70.0 Å². The number of H-pyrrole nitrogens is 4. The van der Waals surface area contributed by atoms with Gasteiger partial charge in [0.25, 0.3) is 0 Å². The maximum absolute atomic E-state index is 13.1. The molecule has 118 heavy (non-hydrogen) atoms. The van der Waals surface area contributed by atoms with Crippen LogP contribution < -0.4 is 0 Å². The summed E-state index contributed by atoms with van der Waals surface area (Å²) in [5.41, 5.74) is 22.7. The van der Waals surface area contributed by atoms with Crippen molar-refractivity contribution in [3.8, 4) is 0 Å². The van der Waals surface area contributed by atoms with Crippen molar-refractivity contribution in [3.05, 3.63) is 150 Å². The maximum atomic E-state index is 13.1. The monoisotopic (exact) mass is 1610 g/mol. The van der Waals surface area contributed by atoms with Crippen molar-refractivity contribution < 1.29 is 73.7 Å². The number of nitrogens with zero attached hydrogens (tertiary/aromatic N) is 4. The number of hydrogen-bond acceptors (Lipinski definition) is 15. The number of hydrogen-bond donors (Lipinski definition) is 10. The van der Waals surface area contributed by atoms with Crippen molar-refractivity contribution >= 4 is 130 Å². The van der Waals surface area contributed by atoms with E-state index in [4.69, 9.17) is 29.4 Å². The van der Waals surface area contributed by atoms with Crippen LogP contribution >= 0.6 is 0 Å². The highest BCUT2D eigenvalue weighted by Crippen LogP contribution is 2.69. The Kier molecular flexibility index (Phi) is 24.4. The van der Waals surface area contributed by atoms with Crippen molar-refractivity contribution in [2.75, 3.05) is 0 Å². The number of carboxylic acids is 4. The van der Waals surface area contributed by atoms with Crippen LogP contribution in [0.5, 0.6) is 0 Å². The number of carbonyl (C=O) groups excluding carboxylic acids is 3. The molecule has 8 aliphatic rings. The van der Waals surface area contributed by atoms with Gasteiger partial charge in [-0.05, 0) is 312 Å². The molecule has 3 fully saturated rings. The van der Waals surface area contributed by atoms with Gasteiger partial charge in [-0.25, -0.2) is 19.9 Å². The summed E-state index contributed by atoms with van der Waals surface area (Å²) in [7, 11) is 0. The third-order valence-corrected chi connectivity index (χ3v) is 27.6. The van der Waals surface area contributed by atoms with E-state index in [9.17, 15) is 64.2 Å². The van der Waals surface area contributed by atoms with Crippen LogP contribution in [0.15, 0.2) is 60.2 Å². The first-order valence-corrected chi connectivity index (χ1v) is 42.0. The molecule has 0 amide bonds. The average Bonchev–Trinajstić information content (AvgIpc) is 1.51. The predicted molar refractivity (Wildman–Crippen MR) is 458 cm³/mol. The van der Waals surface area contributed by atoms with Crippen molar-refractivity contribution in [3.63, 3.8) is 0 Å². The third kappa shape index (κ3) is 16.1. The third-order valence-electron chi connectivity index (χ3n) is 27.6. The Morgan fingerprint density at radius 2 is 0.907 bits per heavy atom. The number of carbonyl (C=O) groups is 7. The zero-order valence-corrected chi connectivity index (χ0v) is 71.0. The number of aromatic nitrogens is 8. The molecule has 14 rings (SSSR count). The van der Waals surface area contributed by atoms with Gasteiger partial charge in [-0.1, -0.05) is 39.2 Å². The Hall–Kier alpha value is -10.5. The Balaban J connectivity index is 0.000000324. The lowest BCUT2D eigenvalue weighted by Gasteiger charge is -2.59. The van der Waals surface area contributed by atoms with Gasteiger partial charge < -0.3 is 60.0 Å². The van der Waals surface area contributed by atoms with E-state index in [1.165, 1.54) is 5.57 Å². The lowest BCUT2D eigenvalue weighted by atomic mass is 9.46. The molecular weight excluding hydrogens is 1490 g/mol. The fourth-order valence-corrected chi connectivity index (χ4v) is 21.2. The number of Topliss-reactive ketones (excluding diaryl/α,β-unsaturated/α-hetero) is 1. The van der Waals surface area contributed by atoms with Crippen LogP contribution in [0.3, 0.4) is 0 Å². The first-order valence-electron chi connectivity index (χ1n) is 42.0. The minimum absolute atomic E-state index is 0.0330. The summed E-state index contributed by atoms with van der Waals surface area (Å²) in [4.78, 5) is 121. The highest BCUT2D eigenvalue weighted by Gasteiger charge is 2.68. The first-order chi connectivity index (χ1) is 55.9. The normalized spacial score (nSPS) is 22.0. The number of aliphatic hydroxyl groups is 2. The fraction of sp³-hybridized carbons (Fsp3) is 0.484. The lowest BCUT2D eigenvalue weighted by molar-refractivity contribution is -0.189. The molecule has 6 aromatic rings. The van der Waals surface area contributed by atoms with Gasteiger partial charge >= 0.3 is 29.8 Å². The van der Waals surface area contributed by atoms with Crippen molar-refractivity contribution in [1.82, 2.24) is 39.9 Å². The molecular formula is C95H114N8O15. The van der Waals surface area contributed by atoms with Crippen LogP contribution in [0, 0.1) is 56.3 Å². The van der Waals surface area contributed by atoms with E-state index < -0.39 is 53.9 Å². The van der Waals surface area contributed by atoms with E-state index in [-0.39, 0.29) is 79.7 Å². The van der Waals surface area contributed by atoms with E-state index in [1.54, 1.807) is 20.8 Å². The van der Waals surface area contributed by atoms with Gasteiger partial charge in [0.1, 0.15) is 0 Å². The Morgan fingerprint density at radius 3 is 1.42 bits per heavy atom. The molecule has 0 aromatic carbocycles. The van der Waals surface area contributed by atoms with Crippen LogP contribution in [-0.4, -0.2) is 124 Å². The summed E-state index contributed by atoms with van der Waals surface area (Å²) in [6, 6.07) is 15.3. The van der Waals surface area contributed by atoms with E-state index in [1.807, 2.05) is 124 Å². The smallest absolute Gasteiger partial charge is 0.306 e. The molecule has 4 aliphatic carbocycles. The predicted octanol–water partition coefficient (Wildman–Crippen LogP) is 19.8. The Bertz CT molecular complexity index is 5710. The second kappa shape index (κ2) is 33.7. The molecule has 23 nitrogen and oxygen atoms in total. The molecule has 23 heteroatoms. The molecule has 16 bridgehead atoms. The average molecular weight is 1610 g/mol. The quantitative estimate of drug-likeness (QED) is 0.0199. The number of aryl methyl sites for hydroxylation is 5. The zero-order chi connectivity index (χ0) is 85.2. The molecule has 4 unspecified atom stereocenters. The largest absolute Gasteiger partial charge is 0.481 e. The number of allylic oxidation sites excluding steroid dienone is 8. The summed E-state index contributed by atoms with van der Waals surface area (Å²) >= 11 is 0. The fourth-order valence-electron chi connectivity index (χ4n) is 21.2. The molecule has 3 saturated carbocycles. The van der Waals surface area contributed by atoms with Gasteiger partial charge in [0.15, 0.2) is 17.2 Å². The molecule has 4 aliphatic heterocycles. The number of aromatic amines is 4. The number of esters is 1. The van der Waals surface area contributed by atoms with Crippen LogP contribution in [0.4, 0.5) is 0 Å². The first kappa shape index (κ1) is 85.4. The molecule has 10 atom stereocenters. The minimum Gasteiger partial charge on any atom is -0.481 e. The molecule has 624 valence electrons. The highest BCUT2D eigenvalue weighted by molar-refractivity contribution is 6.00. The summed E-state index contributed by atoms with van der Waals surface area (Å²) < 4.78 is 13.4. The second-order valence-electron chi connectivity index (χ2n) is 34.7. The number of fused-ring (bicyclic) bond motifs is 21. The lowest BCUT2D eigenvalue weighted by Crippen LogP contribution is -2.58. The maximum Gasteiger partial charge on any atom is 0.306 e. The minimum atomic E-state index is -0.962. The molecule has 10 heterocycles. The zero-order valence-electron chi connectivity index (χ0n) is 71.0. The number of nitrogens with one attached hydrogen (secondary N) is 4. The van der Waals surface area contributed by atoms with E-state index in [2.05, 4.69) is 40.7 Å². The van der Waals surface area contributed by atoms with Crippen LogP contribution in [-0.2, 0) is 49.5 Å². The Morgan fingerprint density at radius 1 is 0.475 bits per heavy atom. The molecule has 0 spiro atoms. The number of carboxylic acid groups (broad SMARTS) is 4. The second-order valence-corrected chi connectivity index (χ2v) is 34.7. The number of aliphatic carboxylic acids is 4. The molecule has 10 N–H and O–H groups in total. The molecule has 6 aromatic heterocycles. The summed E-state index contributed by atoms with van der Waals surface area (Å²) in [6.45, 7) is 31.3. The van der Waals surface area contributed by atoms with Crippen LogP contribution in [0.2, 0.25) is 0 Å². The Labute approximate surface area is 688 Å². The van der Waals surface area contributed by atoms with Crippen molar-refractivity contribution in [1.29, 1.82) is 0 Å². The topological polar surface area (TPSA) is 374 Å². The van der Waals surface area contributed by atoms with E-state index in [0.29, 0.717) is 132 Å². The standard InChI is InChI=1S/C68H74N8O11.C27H40O4/c1-29-41(13-17-61(79)80)53-28-56-44(16-20-64(85)86)32(4)48(72-56)24-59-68(36(8)52(76-59)25-58-65(37(9)77)33(5)49(73-58)21-45(29)69-53)40(12)87-39(11)67-35(7)50-22-46-30(2)42(14-18-62(81)82)54(70-46)27-55-43(15-19-63(83)84)31(3)47(71-55)23-57-66(38(10)78)34(6)51(74-57)26-60(67)75-50;1-5-6-7-8-24(30)31-27(18(2)28)16-13-23-21-10-9-19-17-20(29)11-14-25(19,3)22(21)12-15-26(23,27)4/h21-28,37-40,72,74-78H,13-20H2,1-12H3,(H,79,80)(H,81,82)(H,83,84)(H,85,86);17,21-23H,5-16H2,1-4H3/t;21-,22+,23+,25+,26+,27+/m.1/s1. The van der Waals surface area contributed by atoms with Gasteiger partial charge in [-0.15, -0.1) is 0 Å². The summed E-state index contributed by atoms with van der Waals surface area (Å²) in [5.74, 6) is -2.16. The van der Waals surface area contributed by atoms with Crippen LogP contribution in [0.25, 0.3) is 88.7 Å². The van der Waals surface area contributed by atoms with Gasteiger partial charge in [0, 0.05) is 110 Å². The summed E-state index contributed by atoms with van der Waals surface area (Å²) in [5, 5.41) is 62.2. The highest BCUT2D eigenvalue weighted by atomic mass is 16.6. The van der Waals surface area contributed by atoms with Crippen molar-refractivity contribution in [2.45, 2.75) is 269 Å². The number of ether oxygens (including phenoxy) is 2. The number of unbranched alkanes of at least 4 members (excludes halogenated alkanes) is 2. The summed E-state index contributed by atoms with van der Waals surface area (Å²) in [6.07, 6.45) is 9.89. The van der Waals surface area contributed by atoms with E-state index >= 15 is 0 Å². The van der Waals surface area contributed by atoms with Crippen molar-refractivity contribution in [2.24, 2.45) is 28.6 Å². The number of aliphatic hydroxyl groups excluding tert-OH is 2. The van der Waals surface area contributed by atoms with Gasteiger partial charge in [-0.3, -0.25) is 33.6 Å². The van der Waals surface area contributed by atoms with Crippen LogP contribution in [0.1, 0.15) is 313 Å². The SMILES string of the molecule is CC1=C(CCC(=O)O)c2cc3nc(cc4[nH]c(cc5[nH]c(cc1n2)c(C)c5C(C)OC(C)c1c(C)c2cc5nc(cc6nc(cc7[nH]c(cc1[nH]2)c(C)c7CCC(=O)O)C(CCC(=O)O)=C6C)C(C)=C5C(C)O)c(C)c4C(C)O)C(C)=C3CCC(=O)O.CCCCCC(=O)O[C@]1(C(C)=O)CC[C@H]2[C@@H]3CCC4=CC(=O)CC[C@]4(C)[C@H]3CC[C@@]21C. The number of ketones is 2. The molecule has 0 radical (unpaired) electrons. The number of rotatable bonds is 24. The van der Waals surface area contributed by atoms with E-state index in [0.717, 1.165) is 141 Å². The van der Waals surface area contributed by atoms with Gasteiger partial charge in [-0.2, -0.15) is 0 Å².